The molecule has 2 amide bonds. The van der Waals surface area contributed by atoms with Crippen molar-refractivity contribution in [2.45, 2.75) is 0 Å². The van der Waals surface area contributed by atoms with Gasteiger partial charge in [-0.05, 0) is 24.3 Å². The van der Waals surface area contributed by atoms with Crippen molar-refractivity contribution >= 4 is 56.5 Å². The molecule has 1 aliphatic rings. The Labute approximate surface area is 158 Å². The third kappa shape index (κ3) is 3.75. The number of nitrogens with zero attached hydrogens (tertiary/aromatic N) is 1. The molecule has 2 heterocycles. The summed E-state index contributed by atoms with van der Waals surface area (Å²) in [6.07, 6.45) is 0. The van der Waals surface area contributed by atoms with Crippen LogP contribution in [0.25, 0.3) is 21.9 Å². The number of hydrogen-bond donors (Lipinski definition) is 1. The molecule has 138 valence electrons. The van der Waals surface area contributed by atoms with Crippen molar-refractivity contribution in [3.05, 3.63) is 42.5 Å². The van der Waals surface area contributed by atoms with Gasteiger partial charge in [-0.15, -0.1) is 0 Å². The van der Waals surface area contributed by atoms with Gasteiger partial charge in [0, 0.05) is 28.8 Å². The Balaban J connectivity index is 1.37. The first-order valence-corrected chi connectivity index (χ1v) is 9.37. The van der Waals surface area contributed by atoms with E-state index >= 15 is 0 Å². The van der Waals surface area contributed by atoms with Crippen LogP contribution in [0.2, 0.25) is 0 Å². The maximum absolute atomic E-state index is 12.1. The predicted octanol–water partition coefficient (Wildman–Crippen LogP) is 3.24. The van der Waals surface area contributed by atoms with Crippen molar-refractivity contribution in [1.29, 1.82) is 0 Å². The lowest BCUT2D eigenvalue weighted by Gasteiger charge is -2.13. The van der Waals surface area contributed by atoms with Crippen molar-refractivity contribution < 1.29 is 23.5 Å². The molecule has 27 heavy (non-hydrogen) atoms. The van der Waals surface area contributed by atoms with Gasteiger partial charge in [-0.2, -0.15) is 0 Å². The van der Waals surface area contributed by atoms with E-state index in [1.807, 2.05) is 30.3 Å². The lowest BCUT2D eigenvalue weighted by molar-refractivity contribution is -0.147. The molecule has 1 aromatic heterocycles. The molecule has 1 fully saturated rings. The lowest BCUT2D eigenvalue weighted by atomic mass is 10.1. The summed E-state index contributed by atoms with van der Waals surface area (Å²) in [5.41, 5.74) is 2.09. The largest absolute Gasteiger partial charge is 0.456 e. The van der Waals surface area contributed by atoms with Gasteiger partial charge in [-0.25, -0.2) is 0 Å². The number of carbonyl (C=O) groups excluding carboxylic acids is 3. The van der Waals surface area contributed by atoms with Crippen molar-refractivity contribution in [3.8, 4) is 0 Å². The lowest BCUT2D eigenvalue weighted by Crippen LogP contribution is -2.32. The number of fused-ring (bicyclic) bond motifs is 3. The first-order valence-electron chi connectivity index (χ1n) is 8.38. The van der Waals surface area contributed by atoms with Crippen LogP contribution in [0.15, 0.2) is 46.9 Å². The van der Waals surface area contributed by atoms with Crippen LogP contribution in [-0.2, 0) is 14.3 Å². The molecule has 8 heteroatoms. The highest BCUT2D eigenvalue weighted by Gasteiger charge is 2.24. The number of thioether (sulfide) groups is 1. The Hall–Kier alpha value is -3.00. The quantitative estimate of drug-likeness (QED) is 0.680. The molecule has 4 rings (SSSR count). The number of ether oxygens (including phenoxy) is 1. The first-order chi connectivity index (χ1) is 13.1. The van der Waals surface area contributed by atoms with Gasteiger partial charge in [0.2, 0.25) is 0 Å². The van der Waals surface area contributed by atoms with Crippen LogP contribution >= 0.6 is 11.8 Å². The highest BCUT2D eigenvalue weighted by Crippen LogP contribution is 2.30. The van der Waals surface area contributed by atoms with Crippen molar-refractivity contribution in [3.63, 3.8) is 0 Å². The van der Waals surface area contributed by atoms with Gasteiger partial charge in [0.1, 0.15) is 17.7 Å². The fourth-order valence-corrected chi connectivity index (χ4v) is 3.74. The third-order valence-electron chi connectivity index (χ3n) is 4.19. The molecule has 3 aromatic rings. The van der Waals surface area contributed by atoms with E-state index in [9.17, 15) is 14.4 Å². The van der Waals surface area contributed by atoms with E-state index < -0.39 is 18.5 Å². The second kappa shape index (κ2) is 7.32. The molecule has 0 bridgehead atoms. The summed E-state index contributed by atoms with van der Waals surface area (Å²) in [5, 5.41) is 4.42. The van der Waals surface area contributed by atoms with E-state index in [0.717, 1.165) is 21.9 Å². The fourth-order valence-electron chi connectivity index (χ4n) is 2.92. The minimum absolute atomic E-state index is 0.133. The Morgan fingerprint density at radius 3 is 2.78 bits per heavy atom. The summed E-state index contributed by atoms with van der Waals surface area (Å²) in [4.78, 5) is 36.7. The number of carbonyl (C=O) groups is 3. The molecule has 1 saturated heterocycles. The molecular weight excluding hydrogens is 368 g/mol. The molecular formula is C19H16N2O5S. The van der Waals surface area contributed by atoms with Gasteiger partial charge in [0.05, 0.1) is 0 Å². The van der Waals surface area contributed by atoms with Crippen molar-refractivity contribution in [2.75, 3.05) is 30.8 Å². The van der Waals surface area contributed by atoms with E-state index in [1.54, 1.807) is 12.1 Å². The monoisotopic (exact) mass is 384 g/mol. The molecule has 0 saturated carbocycles. The van der Waals surface area contributed by atoms with Gasteiger partial charge in [0.15, 0.2) is 6.61 Å². The minimum atomic E-state index is -0.600. The molecule has 0 radical (unpaired) electrons. The molecule has 0 atom stereocenters. The zero-order valence-electron chi connectivity index (χ0n) is 14.3. The zero-order chi connectivity index (χ0) is 18.8. The number of hydrogen-bond acceptors (Lipinski definition) is 6. The molecule has 1 N–H and O–H groups in total. The summed E-state index contributed by atoms with van der Waals surface area (Å²) in [6, 6.07) is 13.0. The Morgan fingerprint density at radius 1 is 1.15 bits per heavy atom. The molecule has 1 aliphatic heterocycles. The second-order valence-corrected chi connectivity index (χ2v) is 7.10. The maximum atomic E-state index is 12.1. The summed E-state index contributed by atoms with van der Waals surface area (Å²) in [5.74, 6) is -0.382. The van der Waals surface area contributed by atoms with Crippen LogP contribution in [0, 0.1) is 0 Å². The Morgan fingerprint density at radius 2 is 1.96 bits per heavy atom. The fraction of sp³-hybridized carbons (Fsp3) is 0.211. The van der Waals surface area contributed by atoms with Gasteiger partial charge in [-0.1, -0.05) is 30.0 Å². The minimum Gasteiger partial charge on any atom is -0.456 e. The SMILES string of the molecule is O=C(COC(=O)CN1CCSC1=O)Nc1ccc2oc3ccccc3c2c1. The van der Waals surface area contributed by atoms with Gasteiger partial charge in [0.25, 0.3) is 11.1 Å². The molecule has 0 spiro atoms. The first kappa shape index (κ1) is 17.4. The third-order valence-corrected chi connectivity index (χ3v) is 5.08. The van der Waals surface area contributed by atoms with E-state index in [1.165, 1.54) is 16.7 Å². The Bertz CT molecular complexity index is 1040. The van der Waals surface area contributed by atoms with E-state index in [0.29, 0.717) is 18.0 Å². The second-order valence-electron chi connectivity index (χ2n) is 6.05. The topological polar surface area (TPSA) is 88.9 Å². The number of furan rings is 1. The molecule has 0 aliphatic carbocycles. The van der Waals surface area contributed by atoms with E-state index in [-0.39, 0.29) is 11.8 Å². The average Bonchev–Trinajstić information content (AvgIpc) is 3.23. The van der Waals surface area contributed by atoms with Gasteiger partial charge in [-0.3, -0.25) is 14.4 Å². The standard InChI is InChI=1S/C19H16N2O5S/c22-17(11-25-18(23)10-21-7-8-27-19(21)24)20-12-5-6-16-14(9-12)13-3-1-2-4-15(13)26-16/h1-6,9H,7-8,10-11H2,(H,20,22). The number of benzene rings is 2. The number of anilines is 1. The summed E-state index contributed by atoms with van der Waals surface area (Å²) < 4.78 is 10.7. The average molecular weight is 384 g/mol. The summed E-state index contributed by atoms with van der Waals surface area (Å²) in [6.45, 7) is -0.0201. The van der Waals surface area contributed by atoms with E-state index in [2.05, 4.69) is 5.32 Å². The zero-order valence-corrected chi connectivity index (χ0v) is 15.1. The molecule has 2 aromatic carbocycles. The molecule has 7 nitrogen and oxygen atoms in total. The predicted molar refractivity (Wildman–Crippen MR) is 103 cm³/mol. The van der Waals surface area contributed by atoms with Crippen molar-refractivity contribution in [2.24, 2.45) is 0 Å². The summed E-state index contributed by atoms with van der Waals surface area (Å²) in [7, 11) is 0. The maximum Gasteiger partial charge on any atom is 0.326 e. The van der Waals surface area contributed by atoms with Crippen LogP contribution in [0.4, 0.5) is 10.5 Å². The normalized spacial score (nSPS) is 14.1. The molecule has 0 unspecified atom stereocenters. The van der Waals surface area contributed by atoms with Gasteiger partial charge >= 0.3 is 5.97 Å². The number of esters is 1. The smallest absolute Gasteiger partial charge is 0.326 e. The number of nitrogens with one attached hydrogen (secondary N) is 1. The Kier molecular flexibility index (Phi) is 4.72. The van der Waals surface area contributed by atoms with Crippen LogP contribution in [0.1, 0.15) is 0 Å². The van der Waals surface area contributed by atoms with Gasteiger partial charge < -0.3 is 19.4 Å². The highest BCUT2D eigenvalue weighted by molar-refractivity contribution is 8.13. The van der Waals surface area contributed by atoms with Crippen LogP contribution < -0.4 is 5.32 Å². The van der Waals surface area contributed by atoms with Crippen LogP contribution in [-0.4, -0.2) is 47.5 Å². The van der Waals surface area contributed by atoms with Crippen LogP contribution in [0.5, 0.6) is 0 Å². The van der Waals surface area contributed by atoms with Crippen molar-refractivity contribution in [1.82, 2.24) is 4.90 Å². The van der Waals surface area contributed by atoms with Crippen LogP contribution in [0.3, 0.4) is 0 Å². The van der Waals surface area contributed by atoms with E-state index in [4.69, 9.17) is 9.15 Å². The number of amides is 2. The highest BCUT2D eigenvalue weighted by atomic mass is 32.2. The summed E-state index contributed by atoms with van der Waals surface area (Å²) >= 11 is 1.17. The number of rotatable bonds is 5. The number of para-hydroxylation sites is 1.